The van der Waals surface area contributed by atoms with Gasteiger partial charge in [0.2, 0.25) is 0 Å². The molecule has 1 aliphatic heterocycles. The highest BCUT2D eigenvalue weighted by molar-refractivity contribution is 7.98. The van der Waals surface area contributed by atoms with E-state index >= 15 is 0 Å². The molecule has 1 heterocycles. The molecule has 0 amide bonds. The molecule has 0 unspecified atom stereocenters. The van der Waals surface area contributed by atoms with Gasteiger partial charge < -0.3 is 4.74 Å². The van der Waals surface area contributed by atoms with Crippen LogP contribution in [0.2, 0.25) is 0 Å². The Morgan fingerprint density at radius 2 is 2.13 bits per heavy atom. The van der Waals surface area contributed by atoms with Crippen LogP contribution in [0.4, 0.5) is 0 Å². The van der Waals surface area contributed by atoms with Gasteiger partial charge in [-0.3, -0.25) is 4.79 Å². The van der Waals surface area contributed by atoms with Crippen LogP contribution in [-0.2, 0) is 5.75 Å². The second-order valence-electron chi connectivity index (χ2n) is 5.57. The van der Waals surface area contributed by atoms with Crippen molar-refractivity contribution >= 4 is 17.5 Å². The summed E-state index contributed by atoms with van der Waals surface area (Å²) in [5, 5.41) is 0. The van der Waals surface area contributed by atoms with Crippen LogP contribution in [0.3, 0.4) is 0 Å². The van der Waals surface area contributed by atoms with Crippen LogP contribution < -0.4 is 4.74 Å². The lowest BCUT2D eigenvalue weighted by atomic mass is 9.86. The zero-order valence-electron chi connectivity index (χ0n) is 13.2. The molecule has 23 heavy (non-hydrogen) atoms. The largest absolute Gasteiger partial charge is 0.490 e. The zero-order valence-corrected chi connectivity index (χ0v) is 14.1. The lowest BCUT2D eigenvalue weighted by Crippen LogP contribution is -2.16. The summed E-state index contributed by atoms with van der Waals surface area (Å²) in [4.78, 5) is 14.0. The number of Topliss-reactive ketones (excluding diaryl/α,β-unsaturated/α-hetero) is 1. The van der Waals surface area contributed by atoms with E-state index in [4.69, 9.17) is 4.74 Å². The summed E-state index contributed by atoms with van der Waals surface area (Å²) in [7, 11) is 0. The number of carbonyl (C=O) groups is 1. The van der Waals surface area contributed by atoms with Gasteiger partial charge in [-0.15, -0.1) is 11.8 Å². The van der Waals surface area contributed by atoms with Gasteiger partial charge in [-0.25, -0.2) is 0 Å². The summed E-state index contributed by atoms with van der Waals surface area (Å²) >= 11 is 1.70. The normalized spacial score (nSPS) is 16.7. The maximum Gasteiger partial charge on any atom is 0.171 e. The van der Waals surface area contributed by atoms with Gasteiger partial charge in [0, 0.05) is 22.1 Å². The van der Waals surface area contributed by atoms with Crippen molar-refractivity contribution in [3.05, 3.63) is 71.8 Å². The van der Waals surface area contributed by atoms with Crippen LogP contribution >= 0.6 is 11.8 Å². The number of rotatable bonds is 4. The second-order valence-corrected chi connectivity index (χ2v) is 6.59. The Morgan fingerprint density at radius 3 is 2.91 bits per heavy atom. The van der Waals surface area contributed by atoms with Gasteiger partial charge in [-0.1, -0.05) is 43.8 Å². The molecule has 0 aromatic heterocycles. The number of carbonyl (C=O) groups excluding carboxylic acids is 1. The van der Waals surface area contributed by atoms with E-state index in [9.17, 15) is 4.79 Å². The van der Waals surface area contributed by atoms with E-state index in [1.54, 1.807) is 17.8 Å². The third-order valence-corrected chi connectivity index (χ3v) is 5.23. The highest BCUT2D eigenvalue weighted by Gasteiger charge is 2.27. The number of hydrogen-bond acceptors (Lipinski definition) is 3. The maximum absolute atomic E-state index is 13.0. The third kappa shape index (κ3) is 3.20. The fraction of sp³-hybridized carbons (Fsp3) is 0.250. The van der Waals surface area contributed by atoms with Crippen LogP contribution in [0.1, 0.15) is 40.7 Å². The maximum atomic E-state index is 13.0. The molecular weight excluding hydrogens is 304 g/mol. The molecule has 1 atom stereocenters. The minimum absolute atomic E-state index is 0.0641. The Labute approximate surface area is 141 Å². The van der Waals surface area contributed by atoms with Gasteiger partial charge in [0.1, 0.15) is 12.4 Å². The van der Waals surface area contributed by atoms with Crippen molar-refractivity contribution in [2.24, 2.45) is 0 Å². The van der Waals surface area contributed by atoms with E-state index in [1.807, 2.05) is 30.3 Å². The highest BCUT2D eigenvalue weighted by atomic mass is 32.2. The quantitative estimate of drug-likeness (QED) is 0.720. The lowest BCUT2D eigenvalue weighted by Gasteiger charge is -2.23. The van der Waals surface area contributed by atoms with Crippen LogP contribution in [0.15, 0.2) is 60.0 Å². The number of hydrogen-bond donors (Lipinski definition) is 0. The molecule has 3 heteroatoms. The zero-order chi connectivity index (χ0) is 16.2. The number of ether oxygens (including phenoxy) is 1. The van der Waals surface area contributed by atoms with Crippen LogP contribution in [0.25, 0.3) is 0 Å². The van der Waals surface area contributed by atoms with E-state index in [2.05, 4.69) is 25.6 Å². The van der Waals surface area contributed by atoms with Crippen molar-refractivity contribution in [3.63, 3.8) is 0 Å². The van der Waals surface area contributed by atoms with Crippen molar-refractivity contribution in [1.29, 1.82) is 0 Å². The lowest BCUT2D eigenvalue weighted by molar-refractivity contribution is 0.0953. The smallest absolute Gasteiger partial charge is 0.171 e. The molecule has 2 aromatic carbocycles. The molecule has 1 aliphatic rings. The van der Waals surface area contributed by atoms with E-state index in [-0.39, 0.29) is 11.7 Å². The van der Waals surface area contributed by atoms with Gasteiger partial charge in [0.25, 0.3) is 0 Å². The molecule has 2 aromatic rings. The molecule has 0 saturated heterocycles. The van der Waals surface area contributed by atoms with Crippen LogP contribution in [0, 0.1) is 0 Å². The first-order chi connectivity index (χ1) is 11.2. The first kappa shape index (κ1) is 15.9. The first-order valence-corrected chi connectivity index (χ1v) is 8.85. The van der Waals surface area contributed by atoms with E-state index in [0.29, 0.717) is 6.61 Å². The Kier molecular flexibility index (Phi) is 4.87. The van der Waals surface area contributed by atoms with E-state index < -0.39 is 0 Å². The van der Waals surface area contributed by atoms with Crippen molar-refractivity contribution in [2.45, 2.75) is 29.9 Å². The fourth-order valence-corrected chi connectivity index (χ4v) is 4.06. The minimum Gasteiger partial charge on any atom is -0.490 e. The van der Waals surface area contributed by atoms with Crippen molar-refractivity contribution in [3.8, 4) is 5.75 Å². The summed E-state index contributed by atoms with van der Waals surface area (Å²) in [6, 6.07) is 14.0. The van der Waals surface area contributed by atoms with Gasteiger partial charge in [-0.05, 0) is 35.7 Å². The van der Waals surface area contributed by atoms with E-state index in [0.717, 1.165) is 28.4 Å². The molecule has 0 saturated carbocycles. The molecule has 0 N–H and O–H groups in total. The standard InChI is InChI=1S/C20H20O2S/c1-3-11-22-15-9-10-18-19(12-15)23-13-14-7-5-6-8-17(14)16(4-2)20(18)21/h3,5-10,12,16H,1,4,11,13H2,2H3/t16-/m1/s1. The van der Waals surface area contributed by atoms with E-state index in [1.165, 1.54) is 11.1 Å². The van der Waals surface area contributed by atoms with Crippen LogP contribution in [-0.4, -0.2) is 12.4 Å². The fourth-order valence-electron chi connectivity index (χ4n) is 2.97. The predicted octanol–water partition coefficient (Wildman–Crippen LogP) is 5.23. The number of fused-ring (bicyclic) bond motifs is 2. The Bertz CT molecular complexity index is 736. The summed E-state index contributed by atoms with van der Waals surface area (Å²) in [5.74, 6) is 1.80. The summed E-state index contributed by atoms with van der Waals surface area (Å²) in [6.07, 6.45) is 2.53. The Balaban J connectivity index is 2.02. The summed E-state index contributed by atoms with van der Waals surface area (Å²) in [5.41, 5.74) is 3.23. The number of benzene rings is 2. The average Bonchev–Trinajstić information content (AvgIpc) is 2.58. The SMILES string of the molecule is C=CCOc1ccc2c(c1)SCc1ccccc1[C@@H](CC)C2=O. The highest BCUT2D eigenvalue weighted by Crippen LogP contribution is 2.38. The molecule has 3 rings (SSSR count). The van der Waals surface area contributed by atoms with Gasteiger partial charge in [0.15, 0.2) is 5.78 Å². The second kappa shape index (κ2) is 7.05. The Hall–Kier alpha value is -2.00. The average molecular weight is 324 g/mol. The first-order valence-electron chi connectivity index (χ1n) is 7.87. The minimum atomic E-state index is -0.0641. The van der Waals surface area contributed by atoms with Crippen molar-refractivity contribution < 1.29 is 9.53 Å². The summed E-state index contributed by atoms with van der Waals surface area (Å²) in [6.45, 7) is 6.21. The molecular formula is C20H20O2S. The number of ketones is 1. The van der Waals surface area contributed by atoms with Gasteiger partial charge >= 0.3 is 0 Å². The molecule has 2 nitrogen and oxygen atoms in total. The van der Waals surface area contributed by atoms with Gasteiger partial charge in [0.05, 0.1) is 0 Å². The third-order valence-electron chi connectivity index (χ3n) is 4.12. The topological polar surface area (TPSA) is 26.3 Å². The molecule has 0 radical (unpaired) electrons. The van der Waals surface area contributed by atoms with Gasteiger partial charge in [-0.2, -0.15) is 0 Å². The van der Waals surface area contributed by atoms with Crippen LogP contribution in [0.5, 0.6) is 5.75 Å². The molecule has 0 fully saturated rings. The van der Waals surface area contributed by atoms with Crippen molar-refractivity contribution in [1.82, 2.24) is 0 Å². The Morgan fingerprint density at radius 1 is 1.30 bits per heavy atom. The molecule has 0 spiro atoms. The molecule has 0 bridgehead atoms. The molecule has 118 valence electrons. The monoisotopic (exact) mass is 324 g/mol. The van der Waals surface area contributed by atoms with Crippen molar-refractivity contribution in [2.75, 3.05) is 6.61 Å². The number of thioether (sulfide) groups is 1. The molecule has 0 aliphatic carbocycles. The predicted molar refractivity (Wildman–Crippen MR) is 95.5 cm³/mol. The summed E-state index contributed by atoms with van der Waals surface area (Å²) < 4.78 is 5.61.